The lowest BCUT2D eigenvalue weighted by Crippen LogP contribution is -1.83. The highest BCUT2D eigenvalue weighted by molar-refractivity contribution is 6.66. The summed E-state index contributed by atoms with van der Waals surface area (Å²) in [7, 11) is 1.81. The van der Waals surface area contributed by atoms with Gasteiger partial charge >= 0.3 is 0 Å². The van der Waals surface area contributed by atoms with Gasteiger partial charge in [-0.2, -0.15) is 5.10 Å². The molecule has 0 fully saturated rings. The molecule has 1 rings (SSSR count). The summed E-state index contributed by atoms with van der Waals surface area (Å²) in [5.41, 5.74) is 0.863. The van der Waals surface area contributed by atoms with Crippen molar-refractivity contribution < 1.29 is 4.79 Å². The van der Waals surface area contributed by atoms with E-state index in [0.717, 1.165) is 5.56 Å². The van der Waals surface area contributed by atoms with Crippen molar-refractivity contribution in [2.45, 2.75) is 0 Å². The molecule has 0 saturated heterocycles. The van der Waals surface area contributed by atoms with Crippen molar-refractivity contribution in [2.24, 2.45) is 7.05 Å². The molecule has 0 aromatic carbocycles. The fourth-order valence-electron chi connectivity index (χ4n) is 0.688. The van der Waals surface area contributed by atoms with Crippen molar-refractivity contribution >= 4 is 35.3 Å². The Bertz CT molecular complexity index is 293. The third-order valence-corrected chi connectivity index (χ3v) is 1.26. The van der Waals surface area contributed by atoms with Gasteiger partial charge in [-0.1, -0.05) is 0 Å². The summed E-state index contributed by atoms with van der Waals surface area (Å²) in [4.78, 5) is 10.3. The number of carbonyl (C=O) groups is 1. The molecule has 3 nitrogen and oxygen atoms in total. The quantitative estimate of drug-likeness (QED) is 0.545. The Morgan fingerprint density at radius 2 is 2.42 bits per heavy atom. The first-order valence-electron chi connectivity index (χ1n) is 3.04. The molecule has 0 aliphatic rings. The number of hydrogen-bond donors (Lipinski definition) is 0. The number of hydrogen-bond acceptors (Lipinski definition) is 2. The molecular formula is C7H8Cl2N2O. The van der Waals surface area contributed by atoms with Gasteiger partial charge in [0, 0.05) is 18.8 Å². The summed E-state index contributed by atoms with van der Waals surface area (Å²) >= 11 is 5.08. The number of halogens is 2. The van der Waals surface area contributed by atoms with E-state index in [1.807, 2.05) is 0 Å². The van der Waals surface area contributed by atoms with Crippen LogP contribution in [0.4, 0.5) is 0 Å². The number of rotatable bonds is 2. The standard InChI is InChI=1S/C7H7ClN2O.ClH/c1-10-5-6(4-9-10)2-3-7(8)11;/h2-5H,1H3;1H/b3-2+;. The van der Waals surface area contributed by atoms with Crippen LogP contribution < -0.4 is 0 Å². The van der Waals surface area contributed by atoms with Gasteiger partial charge < -0.3 is 0 Å². The van der Waals surface area contributed by atoms with Crippen molar-refractivity contribution in [2.75, 3.05) is 0 Å². The van der Waals surface area contributed by atoms with E-state index in [0.29, 0.717) is 0 Å². The van der Waals surface area contributed by atoms with Gasteiger partial charge in [0.25, 0.3) is 0 Å². The minimum absolute atomic E-state index is 0. The van der Waals surface area contributed by atoms with E-state index in [2.05, 4.69) is 5.10 Å². The van der Waals surface area contributed by atoms with E-state index in [4.69, 9.17) is 11.6 Å². The van der Waals surface area contributed by atoms with E-state index in [-0.39, 0.29) is 12.4 Å². The number of allylic oxidation sites excluding steroid dienone is 1. The molecule has 0 N–H and O–H groups in total. The van der Waals surface area contributed by atoms with Gasteiger partial charge in [-0.25, -0.2) is 0 Å². The van der Waals surface area contributed by atoms with Crippen LogP contribution in [0.5, 0.6) is 0 Å². The van der Waals surface area contributed by atoms with Crippen molar-refractivity contribution in [3.05, 3.63) is 24.0 Å². The van der Waals surface area contributed by atoms with Gasteiger partial charge in [0.2, 0.25) is 5.24 Å². The molecule has 0 saturated carbocycles. The van der Waals surface area contributed by atoms with Crippen molar-refractivity contribution in [1.29, 1.82) is 0 Å². The first-order valence-corrected chi connectivity index (χ1v) is 3.42. The molecule has 0 aliphatic heterocycles. The lowest BCUT2D eigenvalue weighted by molar-refractivity contribution is -0.107. The van der Waals surface area contributed by atoms with Crippen molar-refractivity contribution in [3.63, 3.8) is 0 Å². The van der Waals surface area contributed by atoms with Gasteiger partial charge in [0.15, 0.2) is 0 Å². The van der Waals surface area contributed by atoms with Crippen molar-refractivity contribution in [1.82, 2.24) is 9.78 Å². The largest absolute Gasteiger partial charge is 0.276 e. The first-order chi connectivity index (χ1) is 5.18. The van der Waals surface area contributed by atoms with Crippen LogP contribution in [0.1, 0.15) is 5.56 Å². The second-order valence-electron chi connectivity index (χ2n) is 2.08. The molecular weight excluding hydrogens is 199 g/mol. The molecule has 1 aromatic rings. The average molecular weight is 207 g/mol. The Morgan fingerprint density at radius 3 is 2.83 bits per heavy atom. The zero-order valence-corrected chi connectivity index (χ0v) is 7.97. The summed E-state index contributed by atoms with van der Waals surface area (Å²) in [6.07, 6.45) is 6.34. The van der Waals surface area contributed by atoms with Crippen LogP contribution in [-0.2, 0) is 11.8 Å². The molecule has 1 heterocycles. The Hall–Kier alpha value is -0.800. The molecule has 0 atom stereocenters. The monoisotopic (exact) mass is 206 g/mol. The molecule has 12 heavy (non-hydrogen) atoms. The van der Waals surface area contributed by atoms with Crippen LogP contribution in [0.3, 0.4) is 0 Å². The number of aryl methyl sites for hydroxylation is 1. The highest BCUT2D eigenvalue weighted by Gasteiger charge is 1.90. The third kappa shape index (κ3) is 3.55. The Labute approximate surface area is 81.4 Å². The van der Waals surface area contributed by atoms with Crippen LogP contribution >= 0.6 is 24.0 Å². The van der Waals surface area contributed by atoms with Gasteiger partial charge in [0.05, 0.1) is 6.20 Å². The third-order valence-electron chi connectivity index (χ3n) is 1.13. The Balaban J connectivity index is 0.00000121. The second-order valence-corrected chi connectivity index (χ2v) is 2.46. The van der Waals surface area contributed by atoms with Crippen molar-refractivity contribution in [3.8, 4) is 0 Å². The Morgan fingerprint density at radius 1 is 1.75 bits per heavy atom. The van der Waals surface area contributed by atoms with Gasteiger partial charge in [-0.15, -0.1) is 12.4 Å². The average Bonchev–Trinajstić information content (AvgIpc) is 2.31. The minimum atomic E-state index is -0.478. The molecule has 0 spiro atoms. The van der Waals surface area contributed by atoms with E-state index in [1.54, 1.807) is 30.2 Å². The number of carbonyl (C=O) groups excluding carboxylic acids is 1. The normalized spacial score (nSPS) is 9.83. The van der Waals surface area contributed by atoms with Crippen LogP contribution in [0, 0.1) is 0 Å². The molecule has 0 bridgehead atoms. The molecule has 0 amide bonds. The van der Waals surface area contributed by atoms with Crippen LogP contribution in [0.15, 0.2) is 18.5 Å². The summed E-state index contributed by atoms with van der Waals surface area (Å²) in [6, 6.07) is 0. The topological polar surface area (TPSA) is 34.9 Å². The summed E-state index contributed by atoms with van der Waals surface area (Å²) in [6.45, 7) is 0. The molecule has 66 valence electrons. The minimum Gasteiger partial charge on any atom is -0.276 e. The SMILES string of the molecule is Cl.Cn1cc(/C=C/C(=O)Cl)cn1. The predicted octanol–water partition coefficient (Wildman–Crippen LogP) is 1.62. The first kappa shape index (κ1) is 11.2. The van der Waals surface area contributed by atoms with Gasteiger partial charge in [0.1, 0.15) is 0 Å². The summed E-state index contributed by atoms with van der Waals surface area (Å²) in [5.74, 6) is 0. The Kier molecular flexibility index (Phi) is 4.62. The molecule has 1 aromatic heterocycles. The number of nitrogens with zero attached hydrogens (tertiary/aromatic N) is 2. The molecule has 5 heteroatoms. The van der Waals surface area contributed by atoms with E-state index >= 15 is 0 Å². The lowest BCUT2D eigenvalue weighted by Gasteiger charge is -1.80. The highest BCUT2D eigenvalue weighted by Crippen LogP contribution is 1.99. The van der Waals surface area contributed by atoms with E-state index in [9.17, 15) is 4.79 Å². The lowest BCUT2D eigenvalue weighted by atomic mass is 10.3. The van der Waals surface area contributed by atoms with Crippen LogP contribution in [-0.4, -0.2) is 15.0 Å². The zero-order chi connectivity index (χ0) is 8.27. The predicted molar refractivity (Wildman–Crippen MR) is 50.4 cm³/mol. The summed E-state index contributed by atoms with van der Waals surface area (Å²) in [5, 5.41) is 3.43. The fraction of sp³-hybridized carbons (Fsp3) is 0.143. The fourth-order valence-corrected chi connectivity index (χ4v) is 0.751. The molecule has 0 radical (unpaired) electrons. The van der Waals surface area contributed by atoms with Gasteiger partial charge in [-0.05, 0) is 23.8 Å². The zero-order valence-electron chi connectivity index (χ0n) is 6.40. The number of aromatic nitrogens is 2. The smallest absolute Gasteiger partial charge is 0.245 e. The summed E-state index contributed by atoms with van der Waals surface area (Å²) < 4.78 is 1.65. The van der Waals surface area contributed by atoms with Gasteiger partial charge in [-0.3, -0.25) is 9.48 Å². The highest BCUT2D eigenvalue weighted by atomic mass is 35.5. The van der Waals surface area contributed by atoms with E-state index in [1.165, 1.54) is 6.08 Å². The maximum absolute atomic E-state index is 10.3. The second kappa shape index (κ2) is 4.95. The maximum Gasteiger partial charge on any atom is 0.245 e. The molecule has 0 aliphatic carbocycles. The van der Waals surface area contributed by atoms with E-state index < -0.39 is 5.24 Å². The molecule has 0 unspecified atom stereocenters. The van der Waals surface area contributed by atoms with Crippen LogP contribution in [0.25, 0.3) is 6.08 Å². The maximum atomic E-state index is 10.3. The van der Waals surface area contributed by atoms with Crippen LogP contribution in [0.2, 0.25) is 0 Å².